The minimum atomic E-state index is -1.07. The van der Waals surface area contributed by atoms with Crippen molar-refractivity contribution in [1.82, 2.24) is 10.2 Å². The number of hydrogen-bond acceptors (Lipinski definition) is 3. The quantitative estimate of drug-likeness (QED) is 0.680. The molecule has 0 aromatic rings. The summed E-state index contributed by atoms with van der Waals surface area (Å²) in [5.41, 5.74) is 0. The molecular weight excluding hydrogens is 224 g/mol. The summed E-state index contributed by atoms with van der Waals surface area (Å²) in [5.74, 6) is -1.66. The maximum absolute atomic E-state index is 11.6. The Morgan fingerprint density at radius 3 is 2.35 bits per heavy atom. The number of rotatable bonds is 6. The van der Waals surface area contributed by atoms with Gasteiger partial charge in [-0.2, -0.15) is 0 Å². The van der Waals surface area contributed by atoms with Crippen molar-refractivity contribution in [2.24, 2.45) is 0 Å². The Morgan fingerprint density at radius 1 is 1.35 bits per heavy atom. The third kappa shape index (κ3) is 6.34. The molecule has 17 heavy (non-hydrogen) atoms. The Labute approximate surface area is 100 Å². The third-order valence-corrected chi connectivity index (χ3v) is 2.02. The zero-order valence-electron chi connectivity index (χ0n) is 10.1. The maximum Gasteiger partial charge on any atom is 0.324 e. The minimum Gasteiger partial charge on any atom is -0.481 e. The lowest BCUT2D eigenvalue weighted by atomic mass is 10.3. The summed E-state index contributed by atoms with van der Waals surface area (Å²) < 4.78 is 0. The van der Waals surface area contributed by atoms with Crippen molar-refractivity contribution in [3.05, 3.63) is 12.7 Å². The Morgan fingerprint density at radius 2 is 1.94 bits per heavy atom. The number of carboxylic acid groups (broad SMARTS) is 1. The van der Waals surface area contributed by atoms with Crippen molar-refractivity contribution in [2.75, 3.05) is 6.54 Å². The van der Waals surface area contributed by atoms with Crippen LogP contribution in [0, 0.1) is 0 Å². The molecule has 6 nitrogen and oxygen atoms in total. The second kappa shape index (κ2) is 7.43. The zero-order valence-corrected chi connectivity index (χ0v) is 10.1. The van der Waals surface area contributed by atoms with Crippen LogP contribution in [0.15, 0.2) is 12.7 Å². The molecule has 2 N–H and O–H groups in total. The fourth-order valence-electron chi connectivity index (χ4n) is 1.14. The molecule has 0 saturated heterocycles. The molecule has 0 atom stereocenters. The molecule has 0 rings (SSSR count). The monoisotopic (exact) mass is 242 g/mol. The Kier molecular flexibility index (Phi) is 6.62. The predicted molar refractivity (Wildman–Crippen MR) is 62.4 cm³/mol. The van der Waals surface area contributed by atoms with Crippen molar-refractivity contribution in [3.8, 4) is 0 Å². The first-order chi connectivity index (χ1) is 7.88. The standard InChI is InChI=1S/C11H18N2O4/c1-4-7-13(8(2)3)11(17)12-9(14)5-6-10(15)16/h4,8H,1,5-7H2,2-3H3,(H,15,16)(H,12,14,17). The van der Waals surface area contributed by atoms with E-state index in [1.54, 1.807) is 6.08 Å². The number of carbonyl (C=O) groups is 3. The molecule has 0 aliphatic carbocycles. The number of nitrogens with zero attached hydrogens (tertiary/aromatic N) is 1. The van der Waals surface area contributed by atoms with Gasteiger partial charge >= 0.3 is 12.0 Å². The van der Waals surface area contributed by atoms with E-state index < -0.39 is 17.9 Å². The van der Waals surface area contributed by atoms with Gasteiger partial charge in [0.2, 0.25) is 5.91 Å². The first-order valence-electron chi connectivity index (χ1n) is 5.31. The molecule has 0 aromatic carbocycles. The topological polar surface area (TPSA) is 86.7 Å². The van der Waals surface area contributed by atoms with Crippen LogP contribution in [0.1, 0.15) is 26.7 Å². The molecule has 0 unspecified atom stereocenters. The van der Waals surface area contributed by atoms with Crippen molar-refractivity contribution in [3.63, 3.8) is 0 Å². The average Bonchev–Trinajstić information content (AvgIpc) is 2.22. The number of carbonyl (C=O) groups excluding carboxylic acids is 2. The summed E-state index contributed by atoms with van der Waals surface area (Å²) in [6.07, 6.45) is 1.06. The third-order valence-electron chi connectivity index (χ3n) is 2.02. The Bertz CT molecular complexity index is 313. The van der Waals surface area contributed by atoms with Gasteiger partial charge in [-0.1, -0.05) is 6.08 Å². The molecule has 3 amide bonds. The first kappa shape index (κ1) is 15.2. The zero-order chi connectivity index (χ0) is 13.4. The van der Waals surface area contributed by atoms with E-state index in [0.29, 0.717) is 6.54 Å². The van der Waals surface area contributed by atoms with E-state index in [0.717, 1.165) is 0 Å². The van der Waals surface area contributed by atoms with Crippen LogP contribution in [0.4, 0.5) is 4.79 Å². The predicted octanol–water partition coefficient (Wildman–Crippen LogP) is 0.984. The first-order valence-corrected chi connectivity index (χ1v) is 5.31. The number of urea groups is 1. The van der Waals surface area contributed by atoms with Gasteiger partial charge in [-0.3, -0.25) is 14.9 Å². The van der Waals surface area contributed by atoms with Gasteiger partial charge in [0.1, 0.15) is 0 Å². The number of hydrogen-bond donors (Lipinski definition) is 2. The molecule has 0 radical (unpaired) electrons. The summed E-state index contributed by atoms with van der Waals surface area (Å²) in [4.78, 5) is 34.5. The summed E-state index contributed by atoms with van der Waals surface area (Å²) in [6.45, 7) is 7.47. The van der Waals surface area contributed by atoms with E-state index in [2.05, 4.69) is 11.9 Å². The highest BCUT2D eigenvalue weighted by molar-refractivity contribution is 5.95. The summed E-state index contributed by atoms with van der Waals surface area (Å²) >= 11 is 0. The summed E-state index contributed by atoms with van der Waals surface area (Å²) in [6, 6.07) is -0.601. The van der Waals surface area contributed by atoms with E-state index in [9.17, 15) is 14.4 Å². The molecule has 0 heterocycles. The second-order valence-corrected chi connectivity index (χ2v) is 3.78. The van der Waals surface area contributed by atoms with E-state index in [1.165, 1.54) is 4.90 Å². The fourth-order valence-corrected chi connectivity index (χ4v) is 1.14. The highest BCUT2D eigenvalue weighted by atomic mass is 16.4. The van der Waals surface area contributed by atoms with Gasteiger partial charge in [-0.15, -0.1) is 6.58 Å². The molecule has 96 valence electrons. The maximum atomic E-state index is 11.6. The van der Waals surface area contributed by atoms with Gasteiger partial charge in [0.05, 0.1) is 6.42 Å². The molecule has 0 aliphatic heterocycles. The lowest BCUT2D eigenvalue weighted by Gasteiger charge is -2.25. The molecule has 0 bridgehead atoms. The molecule has 0 aromatic heterocycles. The van der Waals surface area contributed by atoms with Crippen LogP contribution in [-0.4, -0.2) is 40.5 Å². The number of amides is 3. The highest BCUT2D eigenvalue weighted by Gasteiger charge is 2.17. The van der Waals surface area contributed by atoms with Crippen molar-refractivity contribution in [2.45, 2.75) is 32.7 Å². The number of imide groups is 1. The van der Waals surface area contributed by atoms with Crippen LogP contribution < -0.4 is 5.32 Å². The SMILES string of the molecule is C=CCN(C(=O)NC(=O)CCC(=O)O)C(C)C. The second-order valence-electron chi connectivity index (χ2n) is 3.78. The Balaban J connectivity index is 4.25. The van der Waals surface area contributed by atoms with Crippen LogP contribution in [-0.2, 0) is 9.59 Å². The fraction of sp³-hybridized carbons (Fsp3) is 0.545. The highest BCUT2D eigenvalue weighted by Crippen LogP contribution is 1.99. The average molecular weight is 242 g/mol. The van der Waals surface area contributed by atoms with E-state index >= 15 is 0 Å². The lowest BCUT2D eigenvalue weighted by Crippen LogP contribution is -2.46. The van der Waals surface area contributed by atoms with Gasteiger partial charge in [0.15, 0.2) is 0 Å². The van der Waals surface area contributed by atoms with Gasteiger partial charge in [0.25, 0.3) is 0 Å². The molecule has 0 spiro atoms. The summed E-state index contributed by atoms with van der Waals surface area (Å²) in [5, 5.41) is 10.5. The lowest BCUT2D eigenvalue weighted by molar-refractivity contribution is -0.138. The van der Waals surface area contributed by atoms with Crippen LogP contribution >= 0.6 is 0 Å². The van der Waals surface area contributed by atoms with Crippen LogP contribution in [0.5, 0.6) is 0 Å². The van der Waals surface area contributed by atoms with Crippen LogP contribution in [0.25, 0.3) is 0 Å². The molecule has 0 saturated carbocycles. The van der Waals surface area contributed by atoms with Crippen molar-refractivity contribution >= 4 is 17.9 Å². The molecule has 6 heteroatoms. The van der Waals surface area contributed by atoms with Crippen LogP contribution in [0.2, 0.25) is 0 Å². The number of carboxylic acids is 1. The molecular formula is C11H18N2O4. The van der Waals surface area contributed by atoms with Crippen LogP contribution in [0.3, 0.4) is 0 Å². The van der Waals surface area contributed by atoms with Gasteiger partial charge in [0, 0.05) is 19.0 Å². The normalized spacial score (nSPS) is 9.82. The summed E-state index contributed by atoms with van der Waals surface area (Å²) in [7, 11) is 0. The van der Waals surface area contributed by atoms with E-state index in [-0.39, 0.29) is 18.9 Å². The number of aliphatic carboxylic acids is 1. The van der Waals surface area contributed by atoms with Crippen molar-refractivity contribution in [1.29, 1.82) is 0 Å². The van der Waals surface area contributed by atoms with Gasteiger partial charge in [-0.25, -0.2) is 4.79 Å². The van der Waals surface area contributed by atoms with E-state index in [4.69, 9.17) is 5.11 Å². The largest absolute Gasteiger partial charge is 0.481 e. The van der Waals surface area contributed by atoms with Gasteiger partial charge < -0.3 is 10.0 Å². The Hall–Kier alpha value is -1.85. The van der Waals surface area contributed by atoms with E-state index in [1.807, 2.05) is 13.8 Å². The smallest absolute Gasteiger partial charge is 0.324 e. The van der Waals surface area contributed by atoms with Gasteiger partial charge in [-0.05, 0) is 13.8 Å². The molecule has 0 aliphatic rings. The van der Waals surface area contributed by atoms with Crippen molar-refractivity contribution < 1.29 is 19.5 Å². The molecule has 0 fully saturated rings. The number of nitrogens with one attached hydrogen (secondary N) is 1. The minimum absolute atomic E-state index is 0.0692.